The summed E-state index contributed by atoms with van der Waals surface area (Å²) in [7, 11) is 0. The van der Waals surface area contributed by atoms with Crippen molar-refractivity contribution in [2.75, 3.05) is 6.54 Å². The highest BCUT2D eigenvalue weighted by Gasteiger charge is 2.30. The lowest BCUT2D eigenvalue weighted by Crippen LogP contribution is -2.37. The second-order valence-electron chi connectivity index (χ2n) is 4.95. The van der Waals surface area contributed by atoms with Crippen LogP contribution >= 0.6 is 11.6 Å². The van der Waals surface area contributed by atoms with Gasteiger partial charge in [-0.3, -0.25) is 4.79 Å². The summed E-state index contributed by atoms with van der Waals surface area (Å²) < 4.78 is 0. The average molecular weight is 218 g/mol. The molecule has 0 saturated heterocycles. The first kappa shape index (κ1) is 11.8. The molecule has 1 N–H and O–H groups in total. The van der Waals surface area contributed by atoms with Gasteiger partial charge in [0.1, 0.15) is 0 Å². The first-order valence-corrected chi connectivity index (χ1v) is 5.83. The Bertz CT molecular complexity index is 197. The van der Waals surface area contributed by atoms with Gasteiger partial charge in [0, 0.05) is 6.54 Å². The summed E-state index contributed by atoms with van der Waals surface area (Å²) in [6.07, 6.45) is 6.64. The molecule has 0 aromatic carbocycles. The zero-order valence-corrected chi connectivity index (χ0v) is 9.86. The molecule has 0 bridgehead atoms. The van der Waals surface area contributed by atoms with E-state index in [-0.39, 0.29) is 5.41 Å². The Morgan fingerprint density at radius 3 is 2.43 bits per heavy atom. The van der Waals surface area contributed by atoms with Crippen LogP contribution in [0.15, 0.2) is 0 Å². The highest BCUT2D eigenvalue weighted by molar-refractivity contribution is 6.62. The molecule has 0 spiro atoms. The van der Waals surface area contributed by atoms with Gasteiger partial charge in [0.25, 0.3) is 0 Å². The van der Waals surface area contributed by atoms with E-state index in [4.69, 9.17) is 11.6 Å². The lowest BCUT2D eigenvalue weighted by atomic mass is 9.71. The summed E-state index contributed by atoms with van der Waals surface area (Å²) in [6, 6.07) is 0. The average Bonchev–Trinajstić information content (AvgIpc) is 2.16. The number of halogens is 1. The molecular weight excluding hydrogens is 198 g/mol. The quantitative estimate of drug-likeness (QED) is 0.569. The van der Waals surface area contributed by atoms with Gasteiger partial charge >= 0.3 is 5.37 Å². The molecule has 3 heteroatoms. The van der Waals surface area contributed by atoms with E-state index in [0.29, 0.717) is 6.54 Å². The highest BCUT2D eigenvalue weighted by atomic mass is 35.5. The van der Waals surface area contributed by atoms with Crippen LogP contribution in [0.2, 0.25) is 0 Å². The van der Waals surface area contributed by atoms with E-state index in [1.54, 1.807) is 0 Å². The number of carbonyl (C=O) groups is 1. The molecule has 0 heterocycles. The second kappa shape index (κ2) is 5.01. The van der Waals surface area contributed by atoms with E-state index in [1.807, 2.05) is 0 Å². The van der Waals surface area contributed by atoms with E-state index < -0.39 is 5.37 Å². The minimum atomic E-state index is -0.436. The van der Waals surface area contributed by atoms with Crippen molar-refractivity contribution in [3.05, 3.63) is 0 Å². The van der Waals surface area contributed by atoms with Gasteiger partial charge < -0.3 is 5.32 Å². The Kier molecular flexibility index (Phi) is 4.24. The van der Waals surface area contributed by atoms with E-state index in [1.165, 1.54) is 32.1 Å². The lowest BCUT2D eigenvalue weighted by molar-refractivity contribution is 0.157. The van der Waals surface area contributed by atoms with Crippen LogP contribution in [0.25, 0.3) is 0 Å². The van der Waals surface area contributed by atoms with Crippen LogP contribution < -0.4 is 5.32 Å². The normalized spacial score (nSPS) is 19.4. The molecule has 14 heavy (non-hydrogen) atoms. The van der Waals surface area contributed by atoms with Gasteiger partial charge in [0.05, 0.1) is 0 Å². The van der Waals surface area contributed by atoms with Crippen LogP contribution in [-0.4, -0.2) is 11.9 Å². The molecule has 0 aliphatic heterocycles. The third-order valence-electron chi connectivity index (χ3n) is 3.39. The number of carbonyl (C=O) groups excluding carboxylic acids is 1. The Hall–Kier alpha value is -0.240. The summed E-state index contributed by atoms with van der Waals surface area (Å²) in [6.45, 7) is 5.13. The summed E-state index contributed by atoms with van der Waals surface area (Å²) in [4.78, 5) is 10.6. The topological polar surface area (TPSA) is 29.1 Å². The van der Waals surface area contributed by atoms with Gasteiger partial charge in [0.2, 0.25) is 0 Å². The molecule has 1 aliphatic carbocycles. The van der Waals surface area contributed by atoms with Gasteiger partial charge in [-0.1, -0.05) is 33.1 Å². The number of hydrogen-bond donors (Lipinski definition) is 1. The second-order valence-corrected chi connectivity index (χ2v) is 5.29. The van der Waals surface area contributed by atoms with Crippen molar-refractivity contribution in [1.29, 1.82) is 0 Å². The molecule has 1 amide bonds. The molecule has 1 aliphatic rings. The van der Waals surface area contributed by atoms with Crippen LogP contribution in [0.3, 0.4) is 0 Å². The fraction of sp³-hybridized carbons (Fsp3) is 0.909. The molecule has 1 saturated carbocycles. The van der Waals surface area contributed by atoms with E-state index in [2.05, 4.69) is 19.2 Å². The van der Waals surface area contributed by atoms with Gasteiger partial charge in [-0.15, -0.1) is 0 Å². The third-order valence-corrected chi connectivity index (χ3v) is 3.53. The predicted octanol–water partition coefficient (Wildman–Crippen LogP) is 3.54. The Labute approximate surface area is 91.4 Å². The maximum atomic E-state index is 10.6. The Morgan fingerprint density at radius 2 is 1.93 bits per heavy atom. The molecule has 0 unspecified atom stereocenters. The van der Waals surface area contributed by atoms with Gasteiger partial charge in [-0.2, -0.15) is 0 Å². The van der Waals surface area contributed by atoms with Crippen molar-refractivity contribution < 1.29 is 4.79 Å². The monoisotopic (exact) mass is 217 g/mol. The number of rotatable bonds is 3. The molecule has 0 atom stereocenters. The lowest BCUT2D eigenvalue weighted by Gasteiger charge is -2.36. The first-order chi connectivity index (χ1) is 6.52. The SMILES string of the molecule is CC(C)(CNC(=O)Cl)C1CCCCC1. The zero-order chi connectivity index (χ0) is 10.6. The standard InChI is InChI=1S/C11H20ClNO/c1-11(2,8-13-10(12)14)9-6-4-3-5-7-9/h9H,3-8H2,1-2H3,(H,13,14). The number of nitrogens with one attached hydrogen (secondary N) is 1. The fourth-order valence-electron chi connectivity index (χ4n) is 2.33. The van der Waals surface area contributed by atoms with Crippen LogP contribution in [-0.2, 0) is 0 Å². The summed E-state index contributed by atoms with van der Waals surface area (Å²) in [5, 5.41) is 2.27. The van der Waals surface area contributed by atoms with Crippen LogP contribution in [0.5, 0.6) is 0 Å². The molecule has 2 nitrogen and oxygen atoms in total. The molecule has 0 radical (unpaired) electrons. The van der Waals surface area contributed by atoms with Crippen molar-refractivity contribution in [3.8, 4) is 0 Å². The molecule has 0 aromatic heterocycles. The van der Waals surface area contributed by atoms with E-state index in [0.717, 1.165) is 5.92 Å². The Balaban J connectivity index is 2.41. The summed E-state index contributed by atoms with van der Waals surface area (Å²) in [5.41, 5.74) is 0.185. The number of amides is 1. The van der Waals surface area contributed by atoms with E-state index >= 15 is 0 Å². The molecular formula is C11H20ClNO. The van der Waals surface area contributed by atoms with Crippen molar-refractivity contribution in [1.82, 2.24) is 5.32 Å². The van der Waals surface area contributed by atoms with Crippen LogP contribution in [0.1, 0.15) is 46.0 Å². The molecule has 82 valence electrons. The molecule has 1 rings (SSSR count). The molecule has 0 aromatic rings. The fourth-order valence-corrected chi connectivity index (χ4v) is 2.39. The summed E-state index contributed by atoms with van der Waals surface area (Å²) in [5.74, 6) is 0.736. The summed E-state index contributed by atoms with van der Waals surface area (Å²) >= 11 is 5.27. The Morgan fingerprint density at radius 1 is 1.36 bits per heavy atom. The van der Waals surface area contributed by atoms with Crippen molar-refractivity contribution >= 4 is 17.0 Å². The van der Waals surface area contributed by atoms with Crippen molar-refractivity contribution in [3.63, 3.8) is 0 Å². The smallest absolute Gasteiger partial charge is 0.313 e. The van der Waals surface area contributed by atoms with Gasteiger partial charge in [-0.25, -0.2) is 0 Å². The minimum absolute atomic E-state index is 0.185. The molecule has 1 fully saturated rings. The van der Waals surface area contributed by atoms with Gasteiger partial charge in [-0.05, 0) is 35.8 Å². The van der Waals surface area contributed by atoms with E-state index in [9.17, 15) is 4.79 Å². The van der Waals surface area contributed by atoms with Crippen LogP contribution in [0.4, 0.5) is 4.79 Å². The minimum Gasteiger partial charge on any atom is -0.342 e. The van der Waals surface area contributed by atoms with Crippen molar-refractivity contribution in [2.45, 2.75) is 46.0 Å². The zero-order valence-electron chi connectivity index (χ0n) is 9.11. The largest absolute Gasteiger partial charge is 0.342 e. The predicted molar refractivity (Wildman–Crippen MR) is 59.6 cm³/mol. The maximum absolute atomic E-state index is 10.6. The first-order valence-electron chi connectivity index (χ1n) is 5.46. The number of hydrogen-bond acceptors (Lipinski definition) is 1. The maximum Gasteiger partial charge on any atom is 0.313 e. The third kappa shape index (κ3) is 3.49. The highest BCUT2D eigenvalue weighted by Crippen LogP contribution is 2.37. The van der Waals surface area contributed by atoms with Crippen molar-refractivity contribution in [2.24, 2.45) is 11.3 Å². The van der Waals surface area contributed by atoms with Gasteiger partial charge in [0.15, 0.2) is 0 Å². The van der Waals surface area contributed by atoms with Crippen LogP contribution in [0, 0.1) is 11.3 Å².